The summed E-state index contributed by atoms with van der Waals surface area (Å²) in [5, 5.41) is 17.1. The molecular formula is C9H9NOS. The Bertz CT molecular complexity index is 276. The predicted octanol–water partition coefficient (Wildman–Crippen LogP) is 1.79. The van der Waals surface area contributed by atoms with Crippen LogP contribution in [0.4, 0.5) is 0 Å². The second kappa shape index (κ2) is 4.81. The molecule has 1 N–H and O–H groups in total. The molecule has 0 radical (unpaired) electrons. The van der Waals surface area contributed by atoms with Gasteiger partial charge < -0.3 is 5.11 Å². The van der Waals surface area contributed by atoms with Gasteiger partial charge in [-0.2, -0.15) is 5.26 Å². The molecule has 0 bridgehead atoms. The fourth-order valence-corrected chi connectivity index (χ4v) is 1.37. The van der Waals surface area contributed by atoms with Gasteiger partial charge in [0.15, 0.2) is 0 Å². The summed E-state index contributed by atoms with van der Waals surface area (Å²) in [6.45, 7) is 0.0726. The van der Waals surface area contributed by atoms with Crippen LogP contribution in [0.2, 0.25) is 0 Å². The second-order valence-electron chi connectivity index (χ2n) is 2.25. The van der Waals surface area contributed by atoms with E-state index in [2.05, 4.69) is 6.07 Å². The highest BCUT2D eigenvalue weighted by molar-refractivity contribution is 7.99. The van der Waals surface area contributed by atoms with Crippen molar-refractivity contribution in [1.29, 1.82) is 5.26 Å². The largest absolute Gasteiger partial charge is 0.392 e. The molecule has 0 fully saturated rings. The molecule has 0 atom stereocenters. The van der Waals surface area contributed by atoms with Crippen LogP contribution in [0.3, 0.4) is 0 Å². The molecule has 3 heteroatoms. The highest BCUT2D eigenvalue weighted by Gasteiger charge is 1.93. The van der Waals surface area contributed by atoms with Crippen molar-refractivity contribution in [2.45, 2.75) is 11.5 Å². The van der Waals surface area contributed by atoms with Crippen molar-refractivity contribution in [3.63, 3.8) is 0 Å². The summed E-state index contributed by atoms with van der Waals surface area (Å²) in [6.07, 6.45) is 0. The van der Waals surface area contributed by atoms with Crippen molar-refractivity contribution in [3.05, 3.63) is 29.8 Å². The van der Waals surface area contributed by atoms with Crippen molar-refractivity contribution in [1.82, 2.24) is 0 Å². The third-order valence-electron chi connectivity index (χ3n) is 1.41. The molecule has 0 heterocycles. The van der Waals surface area contributed by atoms with Crippen molar-refractivity contribution in [3.8, 4) is 6.07 Å². The summed E-state index contributed by atoms with van der Waals surface area (Å²) in [6, 6.07) is 9.60. The zero-order valence-corrected chi connectivity index (χ0v) is 7.34. The second-order valence-corrected chi connectivity index (χ2v) is 3.30. The Balaban J connectivity index is 2.60. The number of nitrogens with zero attached hydrogens (tertiary/aromatic N) is 1. The Labute approximate surface area is 75.8 Å². The molecule has 0 saturated carbocycles. The highest BCUT2D eigenvalue weighted by Crippen LogP contribution is 2.17. The lowest BCUT2D eigenvalue weighted by Crippen LogP contribution is -1.81. The summed E-state index contributed by atoms with van der Waals surface area (Å²) in [4.78, 5) is 1.06. The number of aliphatic hydroxyl groups excluding tert-OH is 1. The molecule has 62 valence electrons. The molecule has 0 aliphatic heterocycles. The molecule has 0 aliphatic rings. The van der Waals surface area contributed by atoms with E-state index in [9.17, 15) is 0 Å². The number of rotatable bonds is 3. The Morgan fingerprint density at radius 2 is 2.00 bits per heavy atom. The zero-order chi connectivity index (χ0) is 8.81. The first kappa shape index (κ1) is 9.11. The summed E-state index contributed by atoms with van der Waals surface area (Å²) >= 11 is 1.50. The van der Waals surface area contributed by atoms with E-state index in [0.717, 1.165) is 10.5 Å². The van der Waals surface area contributed by atoms with Crippen molar-refractivity contribution in [2.75, 3.05) is 5.75 Å². The lowest BCUT2D eigenvalue weighted by molar-refractivity contribution is 0.282. The number of benzene rings is 1. The maximum atomic E-state index is 8.75. The molecule has 0 spiro atoms. The number of hydrogen-bond acceptors (Lipinski definition) is 3. The van der Waals surface area contributed by atoms with E-state index in [1.165, 1.54) is 11.8 Å². The van der Waals surface area contributed by atoms with Crippen LogP contribution in [0, 0.1) is 11.3 Å². The Morgan fingerprint density at radius 3 is 2.50 bits per heavy atom. The summed E-state index contributed by atoms with van der Waals surface area (Å²) in [7, 11) is 0. The molecular weight excluding hydrogens is 170 g/mol. The molecule has 2 nitrogen and oxygen atoms in total. The number of hydrogen-bond donors (Lipinski definition) is 1. The van der Waals surface area contributed by atoms with Gasteiger partial charge in [0.1, 0.15) is 0 Å². The van der Waals surface area contributed by atoms with Gasteiger partial charge in [-0.3, -0.25) is 0 Å². The predicted molar refractivity (Wildman–Crippen MR) is 48.7 cm³/mol. The lowest BCUT2D eigenvalue weighted by Gasteiger charge is -1.98. The Kier molecular flexibility index (Phi) is 3.65. The number of nitriles is 1. The quantitative estimate of drug-likeness (QED) is 0.719. The molecule has 0 aliphatic carbocycles. The summed E-state index contributed by atoms with van der Waals surface area (Å²) in [5.74, 6) is 0.471. The molecule has 0 aromatic heterocycles. The minimum absolute atomic E-state index is 0.0726. The fraction of sp³-hybridized carbons (Fsp3) is 0.222. The van der Waals surface area contributed by atoms with Crippen molar-refractivity contribution >= 4 is 11.8 Å². The third-order valence-corrected chi connectivity index (χ3v) is 2.29. The standard InChI is InChI=1S/C9H9NOS/c10-5-6-12-9-3-1-8(7-11)2-4-9/h1-4,11H,6-7H2. The van der Waals surface area contributed by atoms with Crippen LogP contribution in [-0.2, 0) is 6.61 Å². The van der Waals surface area contributed by atoms with Crippen LogP contribution < -0.4 is 0 Å². The topological polar surface area (TPSA) is 44.0 Å². The average molecular weight is 179 g/mol. The third kappa shape index (κ3) is 2.57. The van der Waals surface area contributed by atoms with Gasteiger partial charge in [-0.05, 0) is 17.7 Å². The monoisotopic (exact) mass is 179 g/mol. The van der Waals surface area contributed by atoms with Gasteiger partial charge in [-0.1, -0.05) is 12.1 Å². The van der Waals surface area contributed by atoms with E-state index in [1.54, 1.807) is 0 Å². The van der Waals surface area contributed by atoms with Gasteiger partial charge in [0.05, 0.1) is 18.4 Å². The Hall–Kier alpha value is -0.980. The molecule has 0 amide bonds. The van der Waals surface area contributed by atoms with Gasteiger partial charge in [0.2, 0.25) is 0 Å². The first-order valence-corrected chi connectivity index (χ1v) is 4.55. The van der Waals surface area contributed by atoms with Crippen LogP contribution >= 0.6 is 11.8 Å². The number of aliphatic hydroxyl groups is 1. The maximum absolute atomic E-state index is 8.75. The molecule has 0 unspecified atom stereocenters. The summed E-state index contributed by atoms with van der Waals surface area (Å²) in [5.41, 5.74) is 0.899. The van der Waals surface area contributed by atoms with Gasteiger partial charge in [0.25, 0.3) is 0 Å². The molecule has 0 saturated heterocycles. The average Bonchev–Trinajstić information content (AvgIpc) is 2.15. The summed E-state index contributed by atoms with van der Waals surface area (Å²) < 4.78 is 0. The van der Waals surface area contributed by atoms with Crippen LogP contribution in [0.1, 0.15) is 5.56 Å². The van der Waals surface area contributed by atoms with Crippen LogP contribution in [0.25, 0.3) is 0 Å². The highest BCUT2D eigenvalue weighted by atomic mass is 32.2. The first-order valence-electron chi connectivity index (χ1n) is 3.56. The van der Waals surface area contributed by atoms with E-state index < -0.39 is 0 Å². The van der Waals surface area contributed by atoms with Gasteiger partial charge in [0, 0.05) is 4.90 Å². The zero-order valence-electron chi connectivity index (χ0n) is 6.53. The van der Waals surface area contributed by atoms with Gasteiger partial charge in [-0.15, -0.1) is 11.8 Å². The normalized spacial score (nSPS) is 9.33. The minimum Gasteiger partial charge on any atom is -0.392 e. The van der Waals surface area contributed by atoms with E-state index in [4.69, 9.17) is 10.4 Å². The van der Waals surface area contributed by atoms with E-state index in [1.807, 2.05) is 24.3 Å². The smallest absolute Gasteiger partial charge is 0.0855 e. The molecule has 1 rings (SSSR count). The molecule has 1 aromatic rings. The van der Waals surface area contributed by atoms with Crippen LogP contribution in [0.5, 0.6) is 0 Å². The van der Waals surface area contributed by atoms with Crippen LogP contribution in [-0.4, -0.2) is 10.9 Å². The SMILES string of the molecule is N#CCSc1ccc(CO)cc1. The van der Waals surface area contributed by atoms with E-state index in [0.29, 0.717) is 5.75 Å². The van der Waals surface area contributed by atoms with Gasteiger partial charge in [-0.25, -0.2) is 0 Å². The fourth-order valence-electron chi connectivity index (χ4n) is 0.807. The molecule has 12 heavy (non-hydrogen) atoms. The van der Waals surface area contributed by atoms with Crippen molar-refractivity contribution < 1.29 is 5.11 Å². The van der Waals surface area contributed by atoms with Crippen LogP contribution in [0.15, 0.2) is 29.2 Å². The van der Waals surface area contributed by atoms with E-state index in [-0.39, 0.29) is 6.61 Å². The molecule has 1 aromatic carbocycles. The number of thioether (sulfide) groups is 1. The minimum atomic E-state index is 0.0726. The maximum Gasteiger partial charge on any atom is 0.0855 e. The lowest BCUT2D eigenvalue weighted by atomic mass is 10.2. The Morgan fingerprint density at radius 1 is 1.33 bits per heavy atom. The van der Waals surface area contributed by atoms with Crippen molar-refractivity contribution in [2.24, 2.45) is 0 Å². The van der Waals surface area contributed by atoms with E-state index >= 15 is 0 Å². The van der Waals surface area contributed by atoms with Gasteiger partial charge >= 0.3 is 0 Å². The first-order chi connectivity index (χ1) is 5.86.